The summed E-state index contributed by atoms with van der Waals surface area (Å²) in [4.78, 5) is 0. The molecule has 0 spiro atoms. The van der Waals surface area contributed by atoms with Gasteiger partial charge < -0.3 is 15.8 Å². The van der Waals surface area contributed by atoms with Gasteiger partial charge in [0.05, 0.1) is 18.0 Å². The highest BCUT2D eigenvalue weighted by Gasteiger charge is 2.21. The summed E-state index contributed by atoms with van der Waals surface area (Å²) in [5.41, 5.74) is 7.02. The van der Waals surface area contributed by atoms with Crippen LogP contribution in [-0.2, 0) is 0 Å². The molecule has 1 unspecified atom stereocenters. The Morgan fingerprint density at radius 2 is 2.00 bits per heavy atom. The van der Waals surface area contributed by atoms with Gasteiger partial charge in [0.25, 0.3) is 0 Å². The zero-order chi connectivity index (χ0) is 13.9. The lowest BCUT2D eigenvalue weighted by molar-refractivity contribution is 0.321. The van der Waals surface area contributed by atoms with Crippen molar-refractivity contribution >= 4 is 11.4 Å². The molecule has 1 aromatic carbocycles. The largest absolute Gasteiger partial charge is 0.491 e. The fourth-order valence-corrected chi connectivity index (χ4v) is 1.41. The molecule has 0 radical (unpaired) electrons. The average Bonchev–Trinajstić information content (AvgIpc) is 2.23. The Hall–Kier alpha value is -1.45. The molecule has 3 nitrogen and oxygen atoms in total. The highest BCUT2D eigenvalue weighted by molar-refractivity contribution is 5.69. The standard InChI is InChI=1S/C14H23FN2O/c1-6-18-13-8-12(11(16)7-10(13)15)17-9(2)14(3,4)5/h7-9,17H,6,16H2,1-5H3. The van der Waals surface area contributed by atoms with E-state index in [4.69, 9.17) is 10.5 Å². The molecule has 0 heterocycles. The van der Waals surface area contributed by atoms with Gasteiger partial charge in [-0.3, -0.25) is 0 Å². The minimum atomic E-state index is -0.427. The molecule has 1 rings (SSSR count). The first-order valence-electron chi connectivity index (χ1n) is 6.24. The molecule has 0 bridgehead atoms. The molecule has 102 valence electrons. The first-order chi connectivity index (χ1) is 8.25. The van der Waals surface area contributed by atoms with Crippen LogP contribution in [0.15, 0.2) is 12.1 Å². The van der Waals surface area contributed by atoms with E-state index in [1.807, 2.05) is 6.92 Å². The van der Waals surface area contributed by atoms with Crippen molar-refractivity contribution in [3.63, 3.8) is 0 Å². The van der Waals surface area contributed by atoms with Crippen LogP contribution in [-0.4, -0.2) is 12.6 Å². The average molecular weight is 254 g/mol. The summed E-state index contributed by atoms with van der Waals surface area (Å²) < 4.78 is 18.8. The van der Waals surface area contributed by atoms with Gasteiger partial charge in [0, 0.05) is 18.2 Å². The third-order valence-corrected chi connectivity index (χ3v) is 3.07. The van der Waals surface area contributed by atoms with E-state index in [9.17, 15) is 4.39 Å². The Balaban J connectivity index is 2.98. The van der Waals surface area contributed by atoms with Crippen LogP contribution in [0.3, 0.4) is 0 Å². The number of nitrogen functional groups attached to an aromatic ring is 1. The number of nitrogens with two attached hydrogens (primary N) is 1. The summed E-state index contributed by atoms with van der Waals surface area (Å²) in [7, 11) is 0. The normalized spacial score (nSPS) is 13.2. The number of rotatable bonds is 4. The zero-order valence-corrected chi connectivity index (χ0v) is 11.8. The van der Waals surface area contributed by atoms with E-state index in [-0.39, 0.29) is 17.2 Å². The fourth-order valence-electron chi connectivity index (χ4n) is 1.41. The van der Waals surface area contributed by atoms with Crippen molar-refractivity contribution in [2.45, 2.75) is 40.7 Å². The van der Waals surface area contributed by atoms with Crippen LogP contribution in [0.4, 0.5) is 15.8 Å². The summed E-state index contributed by atoms with van der Waals surface area (Å²) in [5.74, 6) is -0.196. The molecular weight excluding hydrogens is 231 g/mol. The van der Waals surface area contributed by atoms with Crippen molar-refractivity contribution in [3.8, 4) is 5.75 Å². The molecule has 0 saturated heterocycles. The molecule has 0 aliphatic heterocycles. The molecule has 0 amide bonds. The van der Waals surface area contributed by atoms with E-state index in [1.54, 1.807) is 6.07 Å². The number of hydrogen-bond donors (Lipinski definition) is 2. The molecule has 0 aromatic heterocycles. The van der Waals surface area contributed by atoms with Crippen molar-refractivity contribution in [3.05, 3.63) is 17.9 Å². The van der Waals surface area contributed by atoms with E-state index in [0.29, 0.717) is 18.0 Å². The monoisotopic (exact) mass is 254 g/mol. The highest BCUT2D eigenvalue weighted by Crippen LogP contribution is 2.31. The second-order valence-electron chi connectivity index (χ2n) is 5.53. The predicted molar refractivity (Wildman–Crippen MR) is 74.5 cm³/mol. The summed E-state index contributed by atoms with van der Waals surface area (Å²) in [5, 5.41) is 3.30. The van der Waals surface area contributed by atoms with Crippen LogP contribution in [0.2, 0.25) is 0 Å². The maximum Gasteiger partial charge on any atom is 0.167 e. The second kappa shape index (κ2) is 5.46. The number of nitrogens with one attached hydrogen (secondary N) is 1. The minimum Gasteiger partial charge on any atom is -0.491 e. The Morgan fingerprint density at radius 3 is 2.50 bits per heavy atom. The Bertz CT molecular complexity index is 413. The summed E-state index contributed by atoms with van der Waals surface area (Å²) >= 11 is 0. The van der Waals surface area contributed by atoms with Gasteiger partial charge in [-0.05, 0) is 19.3 Å². The van der Waals surface area contributed by atoms with Crippen LogP contribution < -0.4 is 15.8 Å². The van der Waals surface area contributed by atoms with Crippen LogP contribution in [0, 0.1) is 11.2 Å². The predicted octanol–water partition coefficient (Wildman–Crippen LogP) is 3.65. The quantitative estimate of drug-likeness (QED) is 0.806. The number of benzene rings is 1. The van der Waals surface area contributed by atoms with Gasteiger partial charge in [0.15, 0.2) is 11.6 Å². The van der Waals surface area contributed by atoms with Crippen molar-refractivity contribution in [1.29, 1.82) is 0 Å². The number of halogens is 1. The van der Waals surface area contributed by atoms with Crippen molar-refractivity contribution in [1.82, 2.24) is 0 Å². The second-order valence-corrected chi connectivity index (χ2v) is 5.53. The molecule has 18 heavy (non-hydrogen) atoms. The van der Waals surface area contributed by atoms with Gasteiger partial charge in [0.2, 0.25) is 0 Å². The van der Waals surface area contributed by atoms with Gasteiger partial charge in [-0.1, -0.05) is 20.8 Å². The molecule has 0 aliphatic carbocycles. The maximum atomic E-state index is 13.6. The van der Waals surface area contributed by atoms with Crippen LogP contribution in [0.5, 0.6) is 5.75 Å². The Kier molecular flexibility index (Phi) is 4.43. The van der Waals surface area contributed by atoms with Crippen LogP contribution in [0.1, 0.15) is 34.6 Å². The van der Waals surface area contributed by atoms with Gasteiger partial charge in [-0.15, -0.1) is 0 Å². The molecule has 1 aromatic rings. The maximum absolute atomic E-state index is 13.6. The van der Waals surface area contributed by atoms with Gasteiger partial charge in [0.1, 0.15) is 0 Å². The van der Waals surface area contributed by atoms with Crippen molar-refractivity contribution < 1.29 is 9.13 Å². The summed E-state index contributed by atoms with van der Waals surface area (Å²) in [6, 6.07) is 3.12. The van der Waals surface area contributed by atoms with Crippen molar-refractivity contribution in [2.24, 2.45) is 5.41 Å². The molecule has 0 fully saturated rings. The topological polar surface area (TPSA) is 47.3 Å². The van der Waals surface area contributed by atoms with E-state index >= 15 is 0 Å². The van der Waals surface area contributed by atoms with E-state index < -0.39 is 5.82 Å². The van der Waals surface area contributed by atoms with Gasteiger partial charge in [-0.2, -0.15) is 0 Å². The van der Waals surface area contributed by atoms with Crippen LogP contribution >= 0.6 is 0 Å². The molecule has 0 saturated carbocycles. The lowest BCUT2D eigenvalue weighted by Crippen LogP contribution is -2.31. The first kappa shape index (κ1) is 14.6. The molecular formula is C14H23FN2O. The van der Waals surface area contributed by atoms with Gasteiger partial charge in [-0.25, -0.2) is 4.39 Å². The van der Waals surface area contributed by atoms with Crippen LogP contribution in [0.25, 0.3) is 0 Å². The third kappa shape index (κ3) is 3.52. The number of hydrogen-bond acceptors (Lipinski definition) is 3. The van der Waals surface area contributed by atoms with Crippen molar-refractivity contribution in [2.75, 3.05) is 17.7 Å². The van der Waals surface area contributed by atoms with E-state index in [1.165, 1.54) is 6.07 Å². The minimum absolute atomic E-state index is 0.0899. The third-order valence-electron chi connectivity index (χ3n) is 3.07. The molecule has 4 heteroatoms. The van der Waals surface area contributed by atoms with Gasteiger partial charge >= 0.3 is 0 Å². The molecule has 1 atom stereocenters. The van der Waals surface area contributed by atoms with E-state index in [2.05, 4.69) is 33.0 Å². The highest BCUT2D eigenvalue weighted by atomic mass is 19.1. The zero-order valence-electron chi connectivity index (χ0n) is 11.8. The SMILES string of the molecule is CCOc1cc(NC(C)C(C)(C)C)c(N)cc1F. The molecule has 3 N–H and O–H groups in total. The lowest BCUT2D eigenvalue weighted by atomic mass is 9.88. The Morgan fingerprint density at radius 1 is 1.39 bits per heavy atom. The number of anilines is 2. The summed E-state index contributed by atoms with van der Waals surface area (Å²) in [6.45, 7) is 10.7. The Labute approximate surface area is 109 Å². The lowest BCUT2D eigenvalue weighted by Gasteiger charge is -2.29. The fraction of sp³-hybridized carbons (Fsp3) is 0.571. The van der Waals surface area contributed by atoms with E-state index in [0.717, 1.165) is 0 Å². The first-order valence-corrected chi connectivity index (χ1v) is 6.24. The molecule has 0 aliphatic rings. The smallest absolute Gasteiger partial charge is 0.167 e. The summed E-state index contributed by atoms with van der Waals surface area (Å²) in [6.07, 6.45) is 0. The number of ether oxygens (including phenoxy) is 1.